The van der Waals surface area contributed by atoms with Crippen molar-refractivity contribution in [2.45, 2.75) is 18.8 Å². The molecule has 2 aromatic rings. The molecule has 2 aromatic carbocycles. The summed E-state index contributed by atoms with van der Waals surface area (Å²) in [6.07, 6.45) is -3.61. The average Bonchev–Trinajstić information content (AvgIpc) is 3.23. The van der Waals surface area contributed by atoms with Crippen molar-refractivity contribution >= 4 is 34.6 Å². The number of ether oxygens (including phenoxy) is 1. The molecule has 1 atom stereocenters. The Morgan fingerprint density at radius 2 is 1.92 bits per heavy atom. The number of anilines is 3. The van der Waals surface area contributed by atoms with Gasteiger partial charge in [0.2, 0.25) is 5.91 Å². The lowest BCUT2D eigenvalue weighted by atomic mass is 10.1. The number of rotatable bonds is 10. The SMILES string of the molecule is C=CC(=O)Nc1cc(N=C(N)N(C)C2Cc3ccccc3N2CC(F)(F)F)c(OC)cc1N(C)CCN(C)C. The van der Waals surface area contributed by atoms with Crippen molar-refractivity contribution in [2.75, 3.05) is 70.1 Å². The van der Waals surface area contributed by atoms with Gasteiger partial charge in [0.05, 0.1) is 18.5 Å². The van der Waals surface area contributed by atoms with Crippen LogP contribution >= 0.6 is 0 Å². The first kappa shape index (κ1) is 29.6. The first-order chi connectivity index (χ1) is 18.3. The summed E-state index contributed by atoms with van der Waals surface area (Å²) in [6, 6.07) is 10.4. The third-order valence-electron chi connectivity index (χ3n) is 6.49. The molecule has 1 unspecified atom stereocenters. The number of alkyl halides is 3. The van der Waals surface area contributed by atoms with E-state index >= 15 is 0 Å². The van der Waals surface area contributed by atoms with E-state index in [0.29, 0.717) is 41.5 Å². The lowest BCUT2D eigenvalue weighted by molar-refractivity contribution is -0.121. The Hall–Kier alpha value is -3.93. The number of para-hydroxylation sites is 1. The lowest BCUT2D eigenvalue weighted by Crippen LogP contribution is -2.52. The number of likely N-dealkylation sites (N-methyl/N-ethyl adjacent to an activating group) is 3. The number of amides is 1. The fourth-order valence-corrected chi connectivity index (χ4v) is 4.39. The number of nitrogens with two attached hydrogens (primary N) is 1. The van der Waals surface area contributed by atoms with E-state index in [0.717, 1.165) is 18.2 Å². The highest BCUT2D eigenvalue weighted by molar-refractivity contribution is 6.02. The predicted octanol–water partition coefficient (Wildman–Crippen LogP) is 3.65. The zero-order chi connectivity index (χ0) is 28.9. The van der Waals surface area contributed by atoms with Crippen molar-refractivity contribution in [1.29, 1.82) is 0 Å². The number of fused-ring (bicyclic) bond motifs is 1. The molecule has 39 heavy (non-hydrogen) atoms. The van der Waals surface area contributed by atoms with Crippen LogP contribution in [0.4, 0.5) is 35.9 Å². The highest BCUT2D eigenvalue weighted by atomic mass is 19.4. The number of carbonyl (C=O) groups is 1. The van der Waals surface area contributed by atoms with Gasteiger partial charge in [0.1, 0.15) is 24.1 Å². The van der Waals surface area contributed by atoms with Gasteiger partial charge in [0, 0.05) is 45.4 Å². The van der Waals surface area contributed by atoms with Crippen LogP contribution in [-0.4, -0.2) is 88.9 Å². The molecule has 1 amide bonds. The summed E-state index contributed by atoms with van der Waals surface area (Å²) in [7, 11) is 8.91. The van der Waals surface area contributed by atoms with E-state index in [4.69, 9.17) is 10.5 Å². The van der Waals surface area contributed by atoms with Gasteiger partial charge in [-0.2, -0.15) is 13.2 Å². The van der Waals surface area contributed by atoms with Gasteiger partial charge in [-0.05, 0) is 37.9 Å². The van der Waals surface area contributed by atoms with Gasteiger partial charge in [-0.1, -0.05) is 24.8 Å². The molecule has 1 aliphatic rings. The van der Waals surface area contributed by atoms with Crippen LogP contribution in [0.3, 0.4) is 0 Å². The van der Waals surface area contributed by atoms with Crippen LogP contribution in [0.15, 0.2) is 54.0 Å². The number of carbonyl (C=O) groups excluding carboxylic acids is 1. The van der Waals surface area contributed by atoms with E-state index in [1.54, 1.807) is 37.4 Å². The number of hydrogen-bond donors (Lipinski definition) is 2. The maximum Gasteiger partial charge on any atom is 0.405 e. The third kappa shape index (κ3) is 7.34. The fourth-order valence-electron chi connectivity index (χ4n) is 4.39. The number of hydrogen-bond acceptors (Lipinski definition) is 6. The lowest BCUT2D eigenvalue weighted by Gasteiger charge is -2.35. The Bertz CT molecular complexity index is 1220. The molecule has 12 heteroatoms. The summed E-state index contributed by atoms with van der Waals surface area (Å²) < 4.78 is 46.0. The molecule has 0 spiro atoms. The molecule has 1 aliphatic heterocycles. The van der Waals surface area contributed by atoms with Crippen LogP contribution in [0.5, 0.6) is 5.75 Å². The minimum atomic E-state index is -4.40. The summed E-state index contributed by atoms with van der Waals surface area (Å²) in [5, 5.41) is 2.80. The average molecular weight is 548 g/mol. The van der Waals surface area contributed by atoms with Gasteiger partial charge >= 0.3 is 6.18 Å². The molecule has 0 fully saturated rings. The van der Waals surface area contributed by atoms with Gasteiger partial charge < -0.3 is 35.4 Å². The van der Waals surface area contributed by atoms with Crippen molar-refractivity contribution in [3.8, 4) is 5.75 Å². The highest BCUT2D eigenvalue weighted by Crippen LogP contribution is 2.39. The molecule has 0 aromatic heterocycles. The smallest absolute Gasteiger partial charge is 0.405 e. The minimum absolute atomic E-state index is 0.00649. The Kier molecular flexibility index (Phi) is 9.33. The molecule has 212 valence electrons. The normalized spacial score (nSPS) is 15.3. The molecular weight excluding hydrogens is 511 g/mol. The van der Waals surface area contributed by atoms with E-state index < -0.39 is 24.8 Å². The Morgan fingerprint density at radius 1 is 1.23 bits per heavy atom. The van der Waals surface area contributed by atoms with Crippen LogP contribution in [0.2, 0.25) is 0 Å². The third-order valence-corrected chi connectivity index (χ3v) is 6.49. The second-order valence-electron chi connectivity index (χ2n) is 9.60. The predicted molar refractivity (Wildman–Crippen MR) is 150 cm³/mol. The zero-order valence-electron chi connectivity index (χ0n) is 22.9. The molecule has 3 rings (SSSR count). The van der Waals surface area contributed by atoms with E-state index in [1.807, 2.05) is 37.0 Å². The number of aliphatic imine (C=N–C) groups is 1. The minimum Gasteiger partial charge on any atom is -0.494 e. The second-order valence-corrected chi connectivity index (χ2v) is 9.60. The van der Waals surface area contributed by atoms with Gasteiger partial charge in [-0.25, -0.2) is 4.99 Å². The molecule has 0 saturated heterocycles. The zero-order valence-corrected chi connectivity index (χ0v) is 22.9. The van der Waals surface area contributed by atoms with Crippen LogP contribution in [0, 0.1) is 0 Å². The number of guanidine groups is 1. The van der Waals surface area contributed by atoms with Crippen molar-refractivity contribution in [3.63, 3.8) is 0 Å². The maximum atomic E-state index is 13.5. The summed E-state index contributed by atoms with van der Waals surface area (Å²) in [5.41, 5.74) is 9.13. The van der Waals surface area contributed by atoms with Crippen molar-refractivity contribution < 1.29 is 22.7 Å². The summed E-state index contributed by atoms with van der Waals surface area (Å²) in [4.78, 5) is 23.5. The van der Waals surface area contributed by atoms with E-state index in [9.17, 15) is 18.0 Å². The molecule has 3 N–H and O–H groups in total. The standard InChI is InChI=1S/C27H36F3N7O2/c1-7-24(38)32-19-15-20(23(39-6)16-22(19)35(4)13-12-34(2)3)33-26(31)36(5)25-14-18-10-8-9-11-21(18)37(25)17-27(28,29)30/h7-11,15-16,25H,1,12-14,17H2,2-6H3,(H2,31,33)(H,32,38). The van der Waals surface area contributed by atoms with E-state index in [-0.39, 0.29) is 5.96 Å². The van der Waals surface area contributed by atoms with Crippen LogP contribution in [-0.2, 0) is 11.2 Å². The maximum absolute atomic E-state index is 13.5. The van der Waals surface area contributed by atoms with E-state index in [2.05, 4.69) is 16.9 Å². The largest absolute Gasteiger partial charge is 0.494 e. The number of halogens is 3. The Morgan fingerprint density at radius 3 is 2.54 bits per heavy atom. The molecule has 0 saturated carbocycles. The number of methoxy groups -OCH3 is 1. The van der Waals surface area contributed by atoms with Crippen molar-refractivity contribution in [1.82, 2.24) is 9.80 Å². The quantitative estimate of drug-likeness (QED) is 0.267. The summed E-state index contributed by atoms with van der Waals surface area (Å²) >= 11 is 0. The fraction of sp³-hybridized carbons (Fsp3) is 0.407. The molecule has 9 nitrogen and oxygen atoms in total. The van der Waals surface area contributed by atoms with Crippen LogP contribution in [0.1, 0.15) is 5.56 Å². The monoisotopic (exact) mass is 547 g/mol. The first-order valence-corrected chi connectivity index (χ1v) is 12.3. The van der Waals surface area contributed by atoms with Crippen molar-refractivity contribution in [3.05, 3.63) is 54.6 Å². The number of benzene rings is 2. The van der Waals surface area contributed by atoms with Gasteiger partial charge in [0.25, 0.3) is 0 Å². The second kappa shape index (κ2) is 12.3. The molecular formula is C27H36F3N7O2. The number of nitrogens with zero attached hydrogens (tertiary/aromatic N) is 5. The van der Waals surface area contributed by atoms with Crippen LogP contribution < -0.4 is 25.6 Å². The van der Waals surface area contributed by atoms with Gasteiger partial charge in [-0.15, -0.1) is 0 Å². The van der Waals surface area contributed by atoms with Gasteiger partial charge in [-0.3, -0.25) is 4.79 Å². The van der Waals surface area contributed by atoms with Crippen molar-refractivity contribution in [2.24, 2.45) is 10.7 Å². The molecule has 0 radical (unpaired) electrons. The molecule has 0 bridgehead atoms. The summed E-state index contributed by atoms with van der Waals surface area (Å²) in [5.74, 6) is -0.0292. The molecule has 1 heterocycles. The highest BCUT2D eigenvalue weighted by Gasteiger charge is 2.40. The first-order valence-electron chi connectivity index (χ1n) is 12.3. The Labute approximate surface area is 227 Å². The Balaban J connectivity index is 1.99. The molecule has 0 aliphatic carbocycles. The van der Waals surface area contributed by atoms with Crippen LogP contribution in [0.25, 0.3) is 0 Å². The van der Waals surface area contributed by atoms with E-state index in [1.165, 1.54) is 16.9 Å². The summed E-state index contributed by atoms with van der Waals surface area (Å²) in [6.45, 7) is 3.82. The van der Waals surface area contributed by atoms with Gasteiger partial charge in [0.15, 0.2) is 5.96 Å². The topological polar surface area (TPSA) is 89.7 Å². The number of nitrogens with one attached hydrogen (secondary N) is 1.